The Labute approximate surface area is 84.3 Å². The first kappa shape index (κ1) is 8.45. The third kappa shape index (κ3) is 1.18. The van der Waals surface area contributed by atoms with Gasteiger partial charge in [0.1, 0.15) is 0 Å². The number of ether oxygens (including phenoxy) is 1. The maximum Gasteiger partial charge on any atom is 0.0784 e. The molecule has 2 aliphatic rings. The molecule has 0 saturated carbocycles. The van der Waals surface area contributed by atoms with E-state index in [1.807, 2.05) is 0 Å². The Bertz CT molecular complexity index is 361. The van der Waals surface area contributed by atoms with E-state index in [0.29, 0.717) is 12.0 Å². The second kappa shape index (κ2) is 3.07. The highest BCUT2D eigenvalue weighted by Gasteiger charge is 2.33. The van der Waals surface area contributed by atoms with E-state index in [9.17, 15) is 0 Å². The average Bonchev–Trinajstić information content (AvgIpc) is 2.65. The van der Waals surface area contributed by atoms with Crippen LogP contribution in [0.15, 0.2) is 18.2 Å². The lowest BCUT2D eigenvalue weighted by Gasteiger charge is -2.28. The first-order chi connectivity index (χ1) is 6.84. The number of nitrogens with one attached hydrogen (secondary N) is 1. The van der Waals surface area contributed by atoms with Gasteiger partial charge in [-0.1, -0.05) is 23.8 Å². The normalized spacial score (nSPS) is 29.8. The van der Waals surface area contributed by atoms with Crippen LogP contribution in [0.3, 0.4) is 0 Å². The number of hydrogen-bond donors (Lipinski definition) is 1. The number of hydrogen-bond acceptors (Lipinski definition) is 2. The highest BCUT2D eigenvalue weighted by Crippen LogP contribution is 2.33. The molecule has 2 nitrogen and oxygen atoms in total. The summed E-state index contributed by atoms with van der Waals surface area (Å²) in [4.78, 5) is 0. The molecule has 0 unspecified atom stereocenters. The van der Waals surface area contributed by atoms with Gasteiger partial charge in [0, 0.05) is 19.0 Å². The summed E-state index contributed by atoms with van der Waals surface area (Å²) in [7, 11) is 0. The van der Waals surface area contributed by atoms with E-state index < -0.39 is 0 Å². The number of fused-ring (bicyclic) bond motifs is 3. The summed E-state index contributed by atoms with van der Waals surface area (Å²) in [5, 5.41) is 3.39. The monoisotopic (exact) mass is 189 g/mol. The molecule has 1 aromatic rings. The van der Waals surface area contributed by atoms with E-state index in [1.54, 1.807) is 0 Å². The van der Waals surface area contributed by atoms with Crippen LogP contribution in [0.5, 0.6) is 0 Å². The van der Waals surface area contributed by atoms with Crippen molar-refractivity contribution < 1.29 is 4.74 Å². The molecule has 1 N–H and O–H groups in total. The zero-order valence-corrected chi connectivity index (χ0v) is 8.42. The lowest BCUT2D eigenvalue weighted by atomic mass is 9.89. The van der Waals surface area contributed by atoms with E-state index in [1.165, 1.54) is 16.7 Å². The van der Waals surface area contributed by atoms with Crippen molar-refractivity contribution in [3.8, 4) is 0 Å². The van der Waals surface area contributed by atoms with Gasteiger partial charge in [0.15, 0.2) is 0 Å². The fourth-order valence-corrected chi connectivity index (χ4v) is 2.56. The van der Waals surface area contributed by atoms with E-state index in [2.05, 4.69) is 30.4 Å². The molecule has 2 aliphatic heterocycles. The van der Waals surface area contributed by atoms with Crippen LogP contribution >= 0.6 is 0 Å². The van der Waals surface area contributed by atoms with Crippen LogP contribution in [0.25, 0.3) is 0 Å². The van der Waals surface area contributed by atoms with Crippen LogP contribution in [0.2, 0.25) is 0 Å². The summed E-state index contributed by atoms with van der Waals surface area (Å²) in [6.07, 6.45) is 0.408. The molecule has 0 bridgehead atoms. The lowest BCUT2D eigenvalue weighted by Crippen LogP contribution is -2.26. The van der Waals surface area contributed by atoms with Crippen molar-refractivity contribution in [2.45, 2.75) is 25.6 Å². The van der Waals surface area contributed by atoms with Crippen LogP contribution in [-0.4, -0.2) is 19.2 Å². The molecule has 0 radical (unpaired) electrons. The van der Waals surface area contributed by atoms with Crippen molar-refractivity contribution in [1.82, 2.24) is 5.32 Å². The predicted octanol–water partition coefficient (Wildman–Crippen LogP) is 1.58. The Balaban J connectivity index is 2.05. The summed E-state index contributed by atoms with van der Waals surface area (Å²) in [6.45, 7) is 5.01. The van der Waals surface area contributed by atoms with E-state index in [4.69, 9.17) is 4.74 Å². The van der Waals surface area contributed by atoms with E-state index >= 15 is 0 Å². The molecule has 1 fully saturated rings. The Morgan fingerprint density at radius 3 is 3.21 bits per heavy atom. The molecule has 1 saturated heterocycles. The van der Waals surface area contributed by atoms with E-state index in [-0.39, 0.29) is 0 Å². The van der Waals surface area contributed by atoms with Crippen molar-refractivity contribution in [3.05, 3.63) is 34.9 Å². The molecule has 0 aliphatic carbocycles. The molecule has 0 amide bonds. The predicted molar refractivity (Wildman–Crippen MR) is 55.4 cm³/mol. The quantitative estimate of drug-likeness (QED) is 0.669. The van der Waals surface area contributed by atoms with Crippen LogP contribution in [-0.2, 0) is 11.3 Å². The number of benzene rings is 1. The Morgan fingerprint density at radius 2 is 2.29 bits per heavy atom. The molecule has 14 heavy (non-hydrogen) atoms. The Kier molecular flexibility index (Phi) is 1.85. The largest absolute Gasteiger partial charge is 0.372 e. The summed E-state index contributed by atoms with van der Waals surface area (Å²) in [5.74, 6) is 0.583. The SMILES string of the molecule is Cc1ccc2c(c1)CO[C@H]1CNC[C@@H]21. The van der Waals surface area contributed by atoms with Crippen molar-refractivity contribution in [2.75, 3.05) is 13.1 Å². The topological polar surface area (TPSA) is 21.3 Å². The molecule has 2 heterocycles. The Hall–Kier alpha value is -0.860. The molecule has 2 atom stereocenters. The van der Waals surface area contributed by atoms with Crippen LogP contribution in [0.1, 0.15) is 22.6 Å². The fourth-order valence-electron chi connectivity index (χ4n) is 2.56. The highest BCUT2D eigenvalue weighted by molar-refractivity contribution is 5.37. The van der Waals surface area contributed by atoms with Crippen LogP contribution < -0.4 is 5.32 Å². The van der Waals surface area contributed by atoms with Gasteiger partial charge in [0.05, 0.1) is 12.7 Å². The average molecular weight is 189 g/mol. The Morgan fingerprint density at radius 1 is 1.36 bits per heavy atom. The van der Waals surface area contributed by atoms with E-state index in [0.717, 1.165) is 19.7 Å². The molecule has 2 heteroatoms. The van der Waals surface area contributed by atoms with Gasteiger partial charge < -0.3 is 10.1 Å². The third-order valence-electron chi connectivity index (χ3n) is 3.31. The van der Waals surface area contributed by atoms with Crippen molar-refractivity contribution >= 4 is 0 Å². The summed E-state index contributed by atoms with van der Waals surface area (Å²) < 4.78 is 5.82. The first-order valence-electron chi connectivity index (χ1n) is 5.26. The summed E-state index contributed by atoms with van der Waals surface area (Å²) in [6, 6.07) is 6.74. The maximum atomic E-state index is 5.82. The zero-order valence-electron chi connectivity index (χ0n) is 8.42. The minimum atomic E-state index is 0.408. The standard InChI is InChI=1S/C12H15NO/c1-8-2-3-10-9(4-8)7-14-12-6-13-5-11(10)12/h2-4,11-13H,5-7H2,1H3/t11-,12-/m0/s1. The first-order valence-corrected chi connectivity index (χ1v) is 5.26. The van der Waals surface area contributed by atoms with Gasteiger partial charge in [-0.2, -0.15) is 0 Å². The molecule has 3 rings (SSSR count). The molecule has 0 spiro atoms. The summed E-state index contributed by atoms with van der Waals surface area (Å²) in [5.41, 5.74) is 4.21. The molecule has 1 aromatic carbocycles. The van der Waals surface area contributed by atoms with Crippen LogP contribution in [0, 0.1) is 6.92 Å². The minimum absolute atomic E-state index is 0.408. The second-order valence-corrected chi connectivity index (χ2v) is 4.32. The summed E-state index contributed by atoms with van der Waals surface area (Å²) >= 11 is 0. The van der Waals surface area contributed by atoms with Gasteiger partial charge >= 0.3 is 0 Å². The van der Waals surface area contributed by atoms with Crippen molar-refractivity contribution in [3.63, 3.8) is 0 Å². The van der Waals surface area contributed by atoms with Gasteiger partial charge in [-0.3, -0.25) is 0 Å². The molecule has 0 aromatic heterocycles. The van der Waals surface area contributed by atoms with Crippen molar-refractivity contribution in [2.24, 2.45) is 0 Å². The molecule has 74 valence electrons. The minimum Gasteiger partial charge on any atom is -0.372 e. The number of rotatable bonds is 0. The number of aryl methyl sites for hydroxylation is 1. The smallest absolute Gasteiger partial charge is 0.0784 e. The van der Waals surface area contributed by atoms with Gasteiger partial charge in [-0.15, -0.1) is 0 Å². The fraction of sp³-hybridized carbons (Fsp3) is 0.500. The van der Waals surface area contributed by atoms with Gasteiger partial charge in [0.25, 0.3) is 0 Å². The molecular formula is C12H15NO. The van der Waals surface area contributed by atoms with Crippen molar-refractivity contribution in [1.29, 1.82) is 0 Å². The van der Waals surface area contributed by atoms with Gasteiger partial charge in [0.2, 0.25) is 0 Å². The van der Waals surface area contributed by atoms with Gasteiger partial charge in [-0.05, 0) is 18.1 Å². The third-order valence-corrected chi connectivity index (χ3v) is 3.31. The maximum absolute atomic E-state index is 5.82. The van der Waals surface area contributed by atoms with Gasteiger partial charge in [-0.25, -0.2) is 0 Å². The molecular weight excluding hydrogens is 174 g/mol. The zero-order chi connectivity index (χ0) is 9.54. The van der Waals surface area contributed by atoms with Crippen LogP contribution in [0.4, 0.5) is 0 Å². The lowest BCUT2D eigenvalue weighted by molar-refractivity contribution is 0.0299. The second-order valence-electron chi connectivity index (χ2n) is 4.32. The highest BCUT2D eigenvalue weighted by atomic mass is 16.5.